The zero-order chi connectivity index (χ0) is 15.7. The Morgan fingerprint density at radius 1 is 1.29 bits per heavy atom. The molecule has 0 aliphatic carbocycles. The molecule has 0 spiro atoms. The van der Waals surface area contributed by atoms with E-state index in [4.69, 9.17) is 0 Å². The Balaban J connectivity index is 2.40. The lowest BCUT2D eigenvalue weighted by Gasteiger charge is -2.41. The minimum atomic E-state index is -3.16. The fourth-order valence-electron chi connectivity index (χ4n) is 2.93. The van der Waals surface area contributed by atoms with Gasteiger partial charge in [-0.3, -0.25) is 0 Å². The first-order valence-electron chi connectivity index (χ1n) is 7.37. The summed E-state index contributed by atoms with van der Waals surface area (Å²) in [5, 5.41) is 0. The summed E-state index contributed by atoms with van der Waals surface area (Å²) in [7, 11) is -3.16. The summed E-state index contributed by atoms with van der Waals surface area (Å²) in [5.41, 5.74) is 0.368. The van der Waals surface area contributed by atoms with Crippen molar-refractivity contribution >= 4 is 15.7 Å². The molecule has 0 amide bonds. The molecule has 2 heterocycles. The summed E-state index contributed by atoms with van der Waals surface area (Å²) in [5.74, 6) is -0.164. The van der Waals surface area contributed by atoms with E-state index in [0.29, 0.717) is 31.5 Å². The van der Waals surface area contributed by atoms with Crippen LogP contribution in [0.15, 0.2) is 6.33 Å². The normalized spacial score (nSPS) is 20.5. The van der Waals surface area contributed by atoms with Crippen molar-refractivity contribution in [3.63, 3.8) is 0 Å². The number of hydrogen-bond acceptors (Lipinski definition) is 5. The molecule has 1 saturated heterocycles. The number of aryl methyl sites for hydroxylation is 1. The predicted octanol–water partition coefficient (Wildman–Crippen LogP) is 1.97. The number of halogens is 1. The topological polar surface area (TPSA) is 63.2 Å². The van der Waals surface area contributed by atoms with E-state index in [2.05, 4.69) is 9.97 Å². The molecule has 1 fully saturated rings. The van der Waals surface area contributed by atoms with E-state index in [9.17, 15) is 12.8 Å². The molecule has 0 bridgehead atoms. The predicted molar refractivity (Wildman–Crippen MR) is 80.7 cm³/mol. The number of rotatable bonds is 4. The maximum absolute atomic E-state index is 14.4. The Kier molecular flexibility index (Phi) is 4.51. The van der Waals surface area contributed by atoms with Crippen LogP contribution in [0.2, 0.25) is 0 Å². The summed E-state index contributed by atoms with van der Waals surface area (Å²) in [4.78, 5) is 9.72. The molecule has 1 aromatic rings. The molecular weight excluding hydrogens is 293 g/mol. The lowest BCUT2D eigenvalue weighted by molar-refractivity contribution is 0.453. The van der Waals surface area contributed by atoms with Crippen LogP contribution in [0.25, 0.3) is 0 Å². The third-order valence-corrected chi connectivity index (χ3v) is 7.28. The number of nitrogens with zero attached hydrogens (tertiary/aromatic N) is 3. The molecule has 21 heavy (non-hydrogen) atoms. The van der Waals surface area contributed by atoms with Crippen molar-refractivity contribution in [3.8, 4) is 0 Å². The summed E-state index contributed by atoms with van der Waals surface area (Å²) >= 11 is 0. The van der Waals surface area contributed by atoms with Gasteiger partial charge in [-0.15, -0.1) is 0 Å². The van der Waals surface area contributed by atoms with E-state index in [-0.39, 0.29) is 18.1 Å². The van der Waals surface area contributed by atoms with Gasteiger partial charge in [-0.05, 0) is 19.3 Å². The highest BCUT2D eigenvalue weighted by Gasteiger charge is 2.46. The van der Waals surface area contributed by atoms with E-state index in [1.165, 1.54) is 6.33 Å². The Bertz CT molecular complexity index is 615. The van der Waals surface area contributed by atoms with Gasteiger partial charge in [0.15, 0.2) is 21.5 Å². The van der Waals surface area contributed by atoms with Crippen LogP contribution in [0, 0.1) is 5.82 Å². The first kappa shape index (κ1) is 16.1. The van der Waals surface area contributed by atoms with Gasteiger partial charge in [-0.25, -0.2) is 22.8 Å². The second-order valence-electron chi connectivity index (χ2n) is 5.44. The first-order valence-corrected chi connectivity index (χ1v) is 9.02. The zero-order valence-electron chi connectivity index (χ0n) is 12.8. The lowest BCUT2D eigenvalue weighted by atomic mass is 10.0. The number of anilines is 1. The second-order valence-corrected chi connectivity index (χ2v) is 7.95. The highest BCUT2D eigenvalue weighted by atomic mass is 32.2. The van der Waals surface area contributed by atoms with Crippen LogP contribution in [-0.2, 0) is 16.3 Å². The van der Waals surface area contributed by atoms with Crippen LogP contribution < -0.4 is 4.90 Å². The van der Waals surface area contributed by atoms with E-state index in [1.54, 1.807) is 4.90 Å². The second kappa shape index (κ2) is 5.87. The first-order chi connectivity index (χ1) is 9.90. The molecular formula is C14H22FN3O2S. The summed E-state index contributed by atoms with van der Waals surface area (Å²) < 4.78 is 38.4. The minimum Gasteiger partial charge on any atom is -0.351 e. The van der Waals surface area contributed by atoms with Crippen molar-refractivity contribution in [2.45, 2.75) is 44.8 Å². The van der Waals surface area contributed by atoms with Crippen molar-refractivity contribution < 1.29 is 12.8 Å². The van der Waals surface area contributed by atoms with Crippen molar-refractivity contribution in [2.24, 2.45) is 0 Å². The van der Waals surface area contributed by atoms with Crippen LogP contribution in [0.3, 0.4) is 0 Å². The molecule has 0 atom stereocenters. The highest BCUT2D eigenvalue weighted by Crippen LogP contribution is 2.34. The maximum atomic E-state index is 14.4. The molecule has 0 N–H and O–H groups in total. The SMILES string of the molecule is CCc1ncnc(N2CCS(=O)(=O)C(CC)(CC)C2)c1F. The van der Waals surface area contributed by atoms with Gasteiger partial charge in [0.25, 0.3) is 0 Å². The van der Waals surface area contributed by atoms with Crippen LogP contribution >= 0.6 is 0 Å². The third-order valence-electron chi connectivity index (χ3n) is 4.54. The molecule has 0 saturated carbocycles. The largest absolute Gasteiger partial charge is 0.351 e. The molecule has 118 valence electrons. The summed E-state index contributed by atoms with van der Waals surface area (Å²) in [6, 6.07) is 0. The van der Waals surface area contributed by atoms with E-state index in [1.807, 2.05) is 20.8 Å². The molecule has 1 aromatic heterocycles. The number of hydrogen-bond donors (Lipinski definition) is 0. The molecule has 0 aromatic carbocycles. The average Bonchev–Trinajstić information content (AvgIpc) is 2.48. The standard InChI is InChI=1S/C14H22FN3O2S/c1-4-11-12(15)13(17-10-16-11)18-7-8-21(19,20)14(5-2,6-3)9-18/h10H,4-9H2,1-3H3. The maximum Gasteiger partial charge on any atom is 0.187 e. The Morgan fingerprint density at radius 2 is 1.95 bits per heavy atom. The zero-order valence-corrected chi connectivity index (χ0v) is 13.6. The van der Waals surface area contributed by atoms with Gasteiger partial charge < -0.3 is 4.90 Å². The fraction of sp³-hybridized carbons (Fsp3) is 0.714. The molecule has 0 radical (unpaired) electrons. The summed E-state index contributed by atoms with van der Waals surface area (Å²) in [6.45, 7) is 6.15. The molecule has 1 aliphatic heterocycles. The smallest absolute Gasteiger partial charge is 0.187 e. The van der Waals surface area contributed by atoms with E-state index in [0.717, 1.165) is 0 Å². The van der Waals surface area contributed by atoms with Crippen LogP contribution in [0.5, 0.6) is 0 Å². The Hall–Kier alpha value is -1.24. The van der Waals surface area contributed by atoms with Crippen LogP contribution in [0.4, 0.5) is 10.2 Å². The lowest BCUT2D eigenvalue weighted by Crippen LogP contribution is -2.56. The average molecular weight is 315 g/mol. The molecule has 1 aliphatic rings. The van der Waals surface area contributed by atoms with Gasteiger partial charge in [0.05, 0.1) is 16.2 Å². The molecule has 0 unspecified atom stereocenters. The number of aromatic nitrogens is 2. The van der Waals surface area contributed by atoms with Crippen molar-refractivity contribution in [3.05, 3.63) is 17.8 Å². The monoisotopic (exact) mass is 315 g/mol. The molecule has 7 heteroatoms. The molecule has 5 nitrogen and oxygen atoms in total. The Labute approximate surface area is 125 Å². The quantitative estimate of drug-likeness (QED) is 0.850. The van der Waals surface area contributed by atoms with Crippen LogP contribution in [0.1, 0.15) is 39.3 Å². The van der Waals surface area contributed by atoms with Gasteiger partial charge in [0.2, 0.25) is 0 Å². The van der Waals surface area contributed by atoms with Gasteiger partial charge in [-0.2, -0.15) is 0 Å². The third kappa shape index (κ3) is 2.63. The van der Waals surface area contributed by atoms with Gasteiger partial charge in [0, 0.05) is 13.1 Å². The molecule has 2 rings (SSSR count). The van der Waals surface area contributed by atoms with Gasteiger partial charge in [-0.1, -0.05) is 20.8 Å². The Morgan fingerprint density at radius 3 is 2.52 bits per heavy atom. The fourth-order valence-corrected chi connectivity index (χ4v) is 5.05. The van der Waals surface area contributed by atoms with E-state index < -0.39 is 20.4 Å². The van der Waals surface area contributed by atoms with Crippen molar-refractivity contribution in [2.75, 3.05) is 23.7 Å². The van der Waals surface area contributed by atoms with Crippen molar-refractivity contribution in [1.29, 1.82) is 0 Å². The highest BCUT2D eigenvalue weighted by molar-refractivity contribution is 7.92. The summed E-state index contributed by atoms with van der Waals surface area (Å²) in [6.07, 6.45) is 2.88. The minimum absolute atomic E-state index is 0.0413. The van der Waals surface area contributed by atoms with Crippen molar-refractivity contribution in [1.82, 2.24) is 9.97 Å². The van der Waals surface area contributed by atoms with Crippen LogP contribution in [-0.4, -0.2) is 42.0 Å². The van der Waals surface area contributed by atoms with Gasteiger partial charge >= 0.3 is 0 Å². The van der Waals surface area contributed by atoms with Gasteiger partial charge in [0.1, 0.15) is 6.33 Å². The number of sulfone groups is 1. The van der Waals surface area contributed by atoms with E-state index >= 15 is 0 Å².